The molecule has 154 valence electrons. The van der Waals surface area contributed by atoms with Gasteiger partial charge in [0.05, 0.1) is 11.8 Å². The van der Waals surface area contributed by atoms with Gasteiger partial charge in [0.25, 0.3) is 5.91 Å². The molecule has 4 rings (SSSR count). The van der Waals surface area contributed by atoms with Gasteiger partial charge in [0.15, 0.2) is 11.5 Å². The fourth-order valence-electron chi connectivity index (χ4n) is 4.09. The Bertz CT molecular complexity index is 817. The van der Waals surface area contributed by atoms with Crippen molar-refractivity contribution in [1.29, 1.82) is 0 Å². The topological polar surface area (TPSA) is 114 Å². The molecule has 0 aromatic heterocycles. The second-order valence-corrected chi connectivity index (χ2v) is 7.48. The number of amides is 4. The predicted molar refractivity (Wildman–Crippen MR) is 99.4 cm³/mol. The zero-order valence-corrected chi connectivity index (χ0v) is 15.9. The molecule has 3 aliphatic rings. The molecular formula is C20H23N3O6. The van der Waals surface area contributed by atoms with E-state index in [1.807, 2.05) is 0 Å². The number of carbonyl (C=O) groups is 4. The Morgan fingerprint density at radius 2 is 1.66 bits per heavy atom. The number of hydrogen-bond donors (Lipinski definition) is 2. The normalized spacial score (nSPS) is 25.4. The maximum Gasteiger partial charge on any atom is 0.283 e. The summed E-state index contributed by atoms with van der Waals surface area (Å²) in [6.45, 7) is 0.0427. The minimum Gasteiger partial charge on any atom is -0.485 e. The third kappa shape index (κ3) is 3.90. The number of imide groups is 1. The SMILES string of the molecule is O=C(CCN1C(=O)[C@H]2CCCC[C@H]2C1=O)NNC(=O)[C@H]1COc2ccccc2O1. The summed E-state index contributed by atoms with van der Waals surface area (Å²) in [4.78, 5) is 50.3. The van der Waals surface area contributed by atoms with E-state index in [2.05, 4.69) is 10.9 Å². The Balaban J connectivity index is 1.23. The standard InChI is InChI=1S/C20H23N3O6/c24-17(9-10-23-19(26)12-5-1-2-6-13(12)20(23)27)21-22-18(25)16-11-28-14-7-3-4-8-15(14)29-16/h3-4,7-8,12-13,16H,1-2,5-6,9-11H2,(H,21,24)(H,22,25)/t12-,13+,16-/m1/s1. The van der Waals surface area contributed by atoms with Crippen LogP contribution in [0.25, 0.3) is 0 Å². The number of ether oxygens (including phenoxy) is 2. The van der Waals surface area contributed by atoms with Crippen LogP contribution >= 0.6 is 0 Å². The second-order valence-electron chi connectivity index (χ2n) is 7.48. The highest BCUT2D eigenvalue weighted by molar-refractivity contribution is 6.05. The van der Waals surface area contributed by atoms with E-state index in [-0.39, 0.29) is 43.2 Å². The van der Waals surface area contributed by atoms with E-state index in [9.17, 15) is 19.2 Å². The van der Waals surface area contributed by atoms with Gasteiger partial charge in [-0.05, 0) is 25.0 Å². The van der Waals surface area contributed by atoms with Gasteiger partial charge in [0.2, 0.25) is 23.8 Å². The molecule has 1 saturated heterocycles. The lowest BCUT2D eigenvalue weighted by molar-refractivity contribution is -0.141. The van der Waals surface area contributed by atoms with Crippen LogP contribution in [0.4, 0.5) is 0 Å². The van der Waals surface area contributed by atoms with Crippen molar-refractivity contribution in [3.05, 3.63) is 24.3 Å². The zero-order chi connectivity index (χ0) is 20.4. The van der Waals surface area contributed by atoms with Crippen LogP contribution in [0.5, 0.6) is 11.5 Å². The number of para-hydroxylation sites is 2. The molecule has 3 atom stereocenters. The summed E-state index contributed by atoms with van der Waals surface area (Å²) in [6, 6.07) is 6.99. The summed E-state index contributed by atoms with van der Waals surface area (Å²) in [6.07, 6.45) is 2.41. The first kappa shape index (κ1) is 19.2. The Morgan fingerprint density at radius 1 is 1.00 bits per heavy atom. The van der Waals surface area contributed by atoms with Crippen molar-refractivity contribution in [2.24, 2.45) is 11.8 Å². The number of likely N-dealkylation sites (tertiary alicyclic amines) is 1. The summed E-state index contributed by atoms with van der Waals surface area (Å²) < 4.78 is 11.0. The fraction of sp³-hybridized carbons (Fsp3) is 0.500. The highest BCUT2D eigenvalue weighted by Gasteiger charge is 2.47. The van der Waals surface area contributed by atoms with Crippen LogP contribution in [0.15, 0.2) is 24.3 Å². The third-order valence-corrected chi connectivity index (χ3v) is 5.62. The summed E-state index contributed by atoms with van der Waals surface area (Å²) in [5.41, 5.74) is 4.60. The summed E-state index contributed by atoms with van der Waals surface area (Å²) in [5, 5.41) is 0. The molecule has 9 nitrogen and oxygen atoms in total. The van der Waals surface area contributed by atoms with Crippen molar-refractivity contribution in [2.45, 2.75) is 38.2 Å². The van der Waals surface area contributed by atoms with Crippen molar-refractivity contribution in [1.82, 2.24) is 15.8 Å². The minimum atomic E-state index is -0.893. The second kappa shape index (κ2) is 8.10. The van der Waals surface area contributed by atoms with Crippen LogP contribution in [0.3, 0.4) is 0 Å². The predicted octanol–water partition coefficient (Wildman–Crippen LogP) is 0.539. The third-order valence-electron chi connectivity index (χ3n) is 5.62. The molecule has 4 amide bonds. The molecule has 1 aromatic rings. The molecule has 1 aliphatic carbocycles. The van der Waals surface area contributed by atoms with E-state index in [4.69, 9.17) is 9.47 Å². The number of nitrogens with zero attached hydrogens (tertiary/aromatic N) is 1. The van der Waals surface area contributed by atoms with E-state index in [0.717, 1.165) is 25.7 Å². The average Bonchev–Trinajstić information content (AvgIpc) is 3.00. The number of hydrogen-bond acceptors (Lipinski definition) is 6. The van der Waals surface area contributed by atoms with Gasteiger partial charge in [-0.15, -0.1) is 0 Å². The number of nitrogens with one attached hydrogen (secondary N) is 2. The molecular weight excluding hydrogens is 378 g/mol. The molecule has 2 fully saturated rings. The number of benzene rings is 1. The Kier molecular flexibility index (Phi) is 5.37. The van der Waals surface area contributed by atoms with Crippen LogP contribution in [-0.4, -0.2) is 47.8 Å². The van der Waals surface area contributed by atoms with Crippen molar-refractivity contribution < 1.29 is 28.7 Å². The van der Waals surface area contributed by atoms with Gasteiger partial charge >= 0.3 is 0 Å². The Morgan fingerprint density at radius 3 is 2.34 bits per heavy atom. The van der Waals surface area contributed by atoms with Crippen LogP contribution in [0.1, 0.15) is 32.1 Å². The number of fused-ring (bicyclic) bond motifs is 2. The number of hydrazine groups is 1. The monoisotopic (exact) mass is 401 g/mol. The van der Waals surface area contributed by atoms with Gasteiger partial charge < -0.3 is 9.47 Å². The van der Waals surface area contributed by atoms with Crippen molar-refractivity contribution in [3.8, 4) is 11.5 Å². The fourth-order valence-corrected chi connectivity index (χ4v) is 4.09. The van der Waals surface area contributed by atoms with Crippen LogP contribution < -0.4 is 20.3 Å². The summed E-state index contributed by atoms with van der Waals surface area (Å²) >= 11 is 0. The van der Waals surface area contributed by atoms with Gasteiger partial charge in [-0.1, -0.05) is 25.0 Å². The maximum atomic E-state index is 12.4. The molecule has 1 aromatic carbocycles. The van der Waals surface area contributed by atoms with Crippen LogP contribution in [-0.2, 0) is 19.2 Å². The van der Waals surface area contributed by atoms with Gasteiger partial charge in [-0.2, -0.15) is 0 Å². The largest absolute Gasteiger partial charge is 0.485 e. The smallest absolute Gasteiger partial charge is 0.283 e. The van der Waals surface area contributed by atoms with E-state index < -0.39 is 17.9 Å². The van der Waals surface area contributed by atoms with E-state index in [0.29, 0.717) is 11.5 Å². The summed E-state index contributed by atoms with van der Waals surface area (Å²) in [5.74, 6) is -0.849. The first-order valence-electron chi connectivity index (χ1n) is 9.87. The van der Waals surface area contributed by atoms with E-state index in [1.54, 1.807) is 24.3 Å². The lowest BCUT2D eigenvalue weighted by atomic mass is 9.81. The molecule has 29 heavy (non-hydrogen) atoms. The molecule has 0 radical (unpaired) electrons. The zero-order valence-electron chi connectivity index (χ0n) is 15.9. The van der Waals surface area contributed by atoms with Crippen molar-refractivity contribution >= 4 is 23.6 Å². The first-order chi connectivity index (χ1) is 14.0. The molecule has 1 saturated carbocycles. The summed E-state index contributed by atoms with van der Waals surface area (Å²) in [7, 11) is 0. The van der Waals surface area contributed by atoms with E-state index in [1.165, 1.54) is 4.90 Å². The molecule has 0 spiro atoms. The highest BCUT2D eigenvalue weighted by atomic mass is 16.6. The molecule has 2 heterocycles. The van der Waals surface area contributed by atoms with Crippen molar-refractivity contribution in [3.63, 3.8) is 0 Å². The van der Waals surface area contributed by atoms with Crippen molar-refractivity contribution in [2.75, 3.05) is 13.2 Å². The lowest BCUT2D eigenvalue weighted by Gasteiger charge is -2.25. The van der Waals surface area contributed by atoms with Gasteiger partial charge in [-0.3, -0.25) is 34.9 Å². The molecule has 9 heteroatoms. The van der Waals surface area contributed by atoms with Gasteiger partial charge in [0.1, 0.15) is 6.61 Å². The van der Waals surface area contributed by atoms with Gasteiger partial charge in [-0.25, -0.2) is 0 Å². The molecule has 2 aliphatic heterocycles. The Hall–Kier alpha value is -3.10. The first-order valence-corrected chi connectivity index (χ1v) is 9.87. The van der Waals surface area contributed by atoms with Gasteiger partial charge in [0, 0.05) is 13.0 Å². The molecule has 2 N–H and O–H groups in total. The van der Waals surface area contributed by atoms with Crippen LogP contribution in [0.2, 0.25) is 0 Å². The van der Waals surface area contributed by atoms with E-state index >= 15 is 0 Å². The Labute approximate surface area is 167 Å². The number of rotatable bonds is 4. The minimum absolute atomic E-state index is 0.0167. The molecule has 0 unspecified atom stereocenters. The maximum absolute atomic E-state index is 12.4. The average molecular weight is 401 g/mol. The quantitative estimate of drug-likeness (QED) is 0.562. The molecule has 0 bridgehead atoms. The highest BCUT2D eigenvalue weighted by Crippen LogP contribution is 2.38. The lowest BCUT2D eigenvalue weighted by Crippen LogP contribution is -2.51. The number of carbonyl (C=O) groups excluding carboxylic acids is 4. The van der Waals surface area contributed by atoms with Crippen LogP contribution in [0, 0.1) is 11.8 Å².